The molecule has 20 heavy (non-hydrogen) atoms. The van der Waals surface area contributed by atoms with Gasteiger partial charge in [-0.1, -0.05) is 12.1 Å². The number of hydrogen-bond acceptors (Lipinski definition) is 2. The Morgan fingerprint density at radius 3 is 2.25 bits per heavy atom. The quantitative estimate of drug-likeness (QED) is 0.666. The van der Waals surface area contributed by atoms with E-state index in [4.69, 9.17) is 0 Å². The van der Waals surface area contributed by atoms with Gasteiger partial charge in [0.2, 0.25) is 0 Å². The first kappa shape index (κ1) is 14.3. The van der Waals surface area contributed by atoms with Gasteiger partial charge in [-0.3, -0.25) is 0 Å². The summed E-state index contributed by atoms with van der Waals surface area (Å²) in [4.78, 5) is 0. The Balaban J connectivity index is 2.07. The van der Waals surface area contributed by atoms with Crippen LogP contribution in [0.5, 0.6) is 0 Å². The van der Waals surface area contributed by atoms with E-state index in [9.17, 15) is 22.7 Å². The zero-order chi connectivity index (χ0) is 14.7. The highest BCUT2D eigenvalue weighted by Crippen LogP contribution is 2.21. The second kappa shape index (κ2) is 5.92. The number of rotatable bonds is 4. The fourth-order valence-electron chi connectivity index (χ4n) is 1.69. The zero-order valence-corrected chi connectivity index (χ0v) is 10.2. The Kier molecular flexibility index (Phi) is 4.24. The summed E-state index contributed by atoms with van der Waals surface area (Å²) in [5.74, 6) is -3.92. The van der Waals surface area contributed by atoms with Crippen LogP contribution in [0.4, 0.5) is 23.2 Å². The van der Waals surface area contributed by atoms with E-state index in [1.54, 1.807) is 0 Å². The first-order valence-electron chi connectivity index (χ1n) is 5.79. The first-order valence-corrected chi connectivity index (χ1v) is 5.79. The van der Waals surface area contributed by atoms with Crippen LogP contribution in [0.1, 0.15) is 11.7 Å². The molecule has 0 saturated carbocycles. The largest absolute Gasteiger partial charge is 0.387 e. The van der Waals surface area contributed by atoms with Crippen molar-refractivity contribution in [3.63, 3.8) is 0 Å². The van der Waals surface area contributed by atoms with Crippen molar-refractivity contribution in [2.24, 2.45) is 0 Å². The minimum atomic E-state index is -1.32. The molecule has 2 aromatic carbocycles. The van der Waals surface area contributed by atoms with Crippen molar-refractivity contribution < 1.29 is 22.7 Å². The average Bonchev–Trinajstić information content (AvgIpc) is 2.41. The minimum absolute atomic E-state index is 0.175. The van der Waals surface area contributed by atoms with Gasteiger partial charge in [-0.25, -0.2) is 17.6 Å². The SMILES string of the molecule is OC(CNc1cc(F)cc(F)c1F)c1ccc(F)cc1. The van der Waals surface area contributed by atoms with Crippen molar-refractivity contribution in [3.05, 3.63) is 65.2 Å². The van der Waals surface area contributed by atoms with Crippen LogP contribution in [0, 0.1) is 23.3 Å². The van der Waals surface area contributed by atoms with Gasteiger partial charge in [-0.05, 0) is 17.7 Å². The molecule has 1 unspecified atom stereocenters. The maximum Gasteiger partial charge on any atom is 0.182 e. The molecule has 2 aromatic rings. The molecule has 0 radical (unpaired) electrons. The number of nitrogens with one attached hydrogen (secondary N) is 1. The maximum atomic E-state index is 13.4. The molecular formula is C14H11F4NO. The second-order valence-electron chi connectivity index (χ2n) is 4.20. The lowest BCUT2D eigenvalue weighted by atomic mass is 10.1. The second-order valence-corrected chi connectivity index (χ2v) is 4.20. The Labute approximate surface area is 112 Å². The third kappa shape index (κ3) is 3.27. The summed E-state index contributed by atoms with van der Waals surface area (Å²) in [5.41, 5.74) is 0.0137. The third-order valence-electron chi connectivity index (χ3n) is 2.73. The number of hydrogen-bond donors (Lipinski definition) is 2. The molecule has 2 rings (SSSR count). The average molecular weight is 285 g/mol. The molecule has 0 aromatic heterocycles. The summed E-state index contributed by atoms with van der Waals surface area (Å²) < 4.78 is 52.0. The van der Waals surface area contributed by atoms with Crippen LogP contribution in [0.15, 0.2) is 36.4 Å². The van der Waals surface area contributed by atoms with Crippen LogP contribution in [0.3, 0.4) is 0 Å². The highest BCUT2D eigenvalue weighted by atomic mass is 19.2. The molecule has 2 nitrogen and oxygen atoms in total. The van der Waals surface area contributed by atoms with E-state index in [2.05, 4.69) is 5.32 Å². The van der Waals surface area contributed by atoms with Crippen molar-refractivity contribution in [3.8, 4) is 0 Å². The van der Waals surface area contributed by atoms with Gasteiger partial charge >= 0.3 is 0 Å². The number of anilines is 1. The normalized spacial score (nSPS) is 12.2. The molecule has 2 N–H and O–H groups in total. The minimum Gasteiger partial charge on any atom is -0.387 e. The third-order valence-corrected chi connectivity index (χ3v) is 2.73. The summed E-state index contributed by atoms with van der Waals surface area (Å²) in [6, 6.07) is 6.28. The molecular weight excluding hydrogens is 274 g/mol. The van der Waals surface area contributed by atoms with Gasteiger partial charge in [0.05, 0.1) is 11.8 Å². The van der Waals surface area contributed by atoms with Crippen LogP contribution >= 0.6 is 0 Å². The van der Waals surface area contributed by atoms with E-state index in [1.165, 1.54) is 24.3 Å². The Bertz CT molecular complexity index is 601. The highest BCUT2D eigenvalue weighted by molar-refractivity contribution is 5.45. The molecule has 0 saturated heterocycles. The van der Waals surface area contributed by atoms with Gasteiger partial charge in [-0.15, -0.1) is 0 Å². The predicted molar refractivity (Wildman–Crippen MR) is 66.2 cm³/mol. The van der Waals surface area contributed by atoms with Crippen LogP contribution in [-0.2, 0) is 0 Å². The number of halogens is 4. The van der Waals surface area contributed by atoms with E-state index in [0.29, 0.717) is 11.6 Å². The predicted octanol–water partition coefficient (Wildman–Crippen LogP) is 3.39. The first-order chi connectivity index (χ1) is 9.47. The van der Waals surface area contributed by atoms with Crippen LogP contribution in [0.25, 0.3) is 0 Å². The van der Waals surface area contributed by atoms with Crippen molar-refractivity contribution in [2.45, 2.75) is 6.10 Å². The number of benzene rings is 2. The number of aliphatic hydroxyl groups excluding tert-OH is 1. The topological polar surface area (TPSA) is 32.3 Å². The van der Waals surface area contributed by atoms with Gasteiger partial charge in [0.25, 0.3) is 0 Å². The molecule has 0 bridgehead atoms. The summed E-state index contributed by atoms with van der Waals surface area (Å²) in [6.07, 6.45) is -1.07. The smallest absolute Gasteiger partial charge is 0.182 e. The van der Waals surface area contributed by atoms with Crippen LogP contribution in [0.2, 0.25) is 0 Å². The summed E-state index contributed by atoms with van der Waals surface area (Å²) >= 11 is 0. The zero-order valence-electron chi connectivity index (χ0n) is 10.2. The monoisotopic (exact) mass is 285 g/mol. The fraction of sp³-hybridized carbons (Fsp3) is 0.143. The molecule has 0 spiro atoms. The lowest BCUT2D eigenvalue weighted by Crippen LogP contribution is -2.13. The summed E-state index contributed by atoms with van der Waals surface area (Å²) in [7, 11) is 0. The molecule has 0 aliphatic heterocycles. The van der Waals surface area contributed by atoms with Crippen LogP contribution < -0.4 is 5.32 Å². The highest BCUT2D eigenvalue weighted by Gasteiger charge is 2.13. The molecule has 1 atom stereocenters. The van der Waals surface area contributed by atoms with Crippen LogP contribution in [-0.4, -0.2) is 11.7 Å². The molecule has 0 aliphatic rings. The summed E-state index contributed by atoms with van der Waals surface area (Å²) in [5, 5.41) is 12.2. The van der Waals surface area contributed by atoms with Crippen molar-refractivity contribution in [1.82, 2.24) is 0 Å². The van der Waals surface area contributed by atoms with E-state index in [-0.39, 0.29) is 12.2 Å². The Morgan fingerprint density at radius 2 is 1.60 bits per heavy atom. The number of aliphatic hydroxyl groups is 1. The van der Waals surface area contributed by atoms with E-state index < -0.39 is 29.4 Å². The molecule has 6 heteroatoms. The lowest BCUT2D eigenvalue weighted by molar-refractivity contribution is 0.191. The van der Waals surface area contributed by atoms with Gasteiger partial charge < -0.3 is 10.4 Å². The van der Waals surface area contributed by atoms with Gasteiger partial charge in [0.15, 0.2) is 11.6 Å². The van der Waals surface area contributed by atoms with E-state index in [0.717, 1.165) is 6.07 Å². The molecule has 0 aliphatic carbocycles. The Morgan fingerprint density at radius 1 is 0.950 bits per heavy atom. The summed E-state index contributed by atoms with van der Waals surface area (Å²) in [6.45, 7) is -0.175. The van der Waals surface area contributed by atoms with Crippen molar-refractivity contribution in [1.29, 1.82) is 0 Å². The van der Waals surface area contributed by atoms with Gasteiger partial charge in [0.1, 0.15) is 11.6 Å². The molecule has 106 valence electrons. The van der Waals surface area contributed by atoms with E-state index >= 15 is 0 Å². The van der Waals surface area contributed by atoms with Crippen molar-refractivity contribution in [2.75, 3.05) is 11.9 Å². The lowest BCUT2D eigenvalue weighted by Gasteiger charge is -2.14. The van der Waals surface area contributed by atoms with Crippen molar-refractivity contribution >= 4 is 5.69 Å². The standard InChI is InChI=1S/C14H11F4NO/c15-9-3-1-8(2-4-9)13(20)7-19-12-6-10(16)5-11(17)14(12)18/h1-6,13,19-20H,7H2. The molecule has 0 amide bonds. The van der Waals surface area contributed by atoms with Gasteiger partial charge in [0, 0.05) is 18.7 Å². The molecule has 0 fully saturated rings. The van der Waals surface area contributed by atoms with E-state index in [1.807, 2.05) is 0 Å². The Hall–Kier alpha value is -2.08. The maximum absolute atomic E-state index is 13.4. The fourth-order valence-corrected chi connectivity index (χ4v) is 1.69. The van der Waals surface area contributed by atoms with Gasteiger partial charge in [-0.2, -0.15) is 0 Å². The molecule has 0 heterocycles.